The standard InChI is InChI=1S/C22H30N4O4S/c27-20(25-13-5-1-2-6-14-25)9-12-23-22(28)17-10-15-26(16-11-17)21-18-7-3-4-8-19(18)31(29,30)24-21/h3-4,7-8,17H,1-2,5-6,9-16H2,(H,23,28). The number of hydrogen-bond donors (Lipinski definition) is 1. The van der Waals surface area contributed by atoms with Gasteiger partial charge < -0.3 is 15.1 Å². The van der Waals surface area contributed by atoms with Crippen LogP contribution in [0.25, 0.3) is 0 Å². The molecule has 0 saturated carbocycles. The van der Waals surface area contributed by atoms with E-state index < -0.39 is 10.0 Å². The van der Waals surface area contributed by atoms with E-state index in [4.69, 9.17) is 0 Å². The number of fused-ring (bicyclic) bond motifs is 1. The molecule has 2 saturated heterocycles. The van der Waals surface area contributed by atoms with E-state index in [9.17, 15) is 18.0 Å². The van der Waals surface area contributed by atoms with Crippen molar-refractivity contribution in [3.8, 4) is 0 Å². The van der Waals surface area contributed by atoms with Crippen molar-refractivity contribution < 1.29 is 18.0 Å². The van der Waals surface area contributed by atoms with E-state index in [-0.39, 0.29) is 22.6 Å². The van der Waals surface area contributed by atoms with E-state index in [2.05, 4.69) is 9.71 Å². The quantitative estimate of drug-likeness (QED) is 0.760. The summed E-state index contributed by atoms with van der Waals surface area (Å²) in [5.41, 5.74) is 0.637. The van der Waals surface area contributed by atoms with Crippen molar-refractivity contribution in [1.29, 1.82) is 0 Å². The molecule has 0 atom stereocenters. The number of amides is 2. The molecule has 1 aromatic rings. The molecule has 1 aromatic carbocycles. The molecule has 8 nitrogen and oxygen atoms in total. The fraction of sp³-hybridized carbons (Fsp3) is 0.591. The van der Waals surface area contributed by atoms with Crippen LogP contribution in [-0.2, 0) is 19.6 Å². The highest BCUT2D eigenvalue weighted by molar-refractivity contribution is 7.90. The van der Waals surface area contributed by atoms with Gasteiger partial charge in [0.05, 0.1) is 0 Å². The second-order valence-corrected chi connectivity index (χ2v) is 10.1. The number of carbonyl (C=O) groups is 2. The van der Waals surface area contributed by atoms with Crippen LogP contribution in [0.5, 0.6) is 0 Å². The summed E-state index contributed by atoms with van der Waals surface area (Å²) >= 11 is 0. The highest BCUT2D eigenvalue weighted by Crippen LogP contribution is 2.29. The summed E-state index contributed by atoms with van der Waals surface area (Å²) in [7, 11) is -3.63. The van der Waals surface area contributed by atoms with Crippen molar-refractivity contribution in [3.63, 3.8) is 0 Å². The van der Waals surface area contributed by atoms with Crippen LogP contribution in [0.1, 0.15) is 50.5 Å². The molecule has 1 N–H and O–H groups in total. The van der Waals surface area contributed by atoms with Crippen LogP contribution in [0.4, 0.5) is 0 Å². The summed E-state index contributed by atoms with van der Waals surface area (Å²) in [6.45, 7) is 3.18. The lowest BCUT2D eigenvalue weighted by atomic mass is 9.95. The molecular weight excluding hydrogens is 416 g/mol. The van der Waals surface area contributed by atoms with Gasteiger partial charge in [0.25, 0.3) is 10.0 Å². The number of piperidine rings is 1. The van der Waals surface area contributed by atoms with Gasteiger partial charge in [-0.1, -0.05) is 25.0 Å². The summed E-state index contributed by atoms with van der Waals surface area (Å²) in [6.07, 6.45) is 6.10. The first-order valence-corrected chi connectivity index (χ1v) is 12.6. The van der Waals surface area contributed by atoms with Crippen molar-refractivity contribution in [2.24, 2.45) is 10.3 Å². The maximum atomic E-state index is 12.6. The monoisotopic (exact) mass is 446 g/mol. The predicted molar refractivity (Wildman–Crippen MR) is 117 cm³/mol. The molecule has 2 fully saturated rings. The summed E-state index contributed by atoms with van der Waals surface area (Å²) < 4.78 is 28.5. The molecule has 31 heavy (non-hydrogen) atoms. The van der Waals surface area contributed by atoms with Gasteiger partial charge in [0, 0.05) is 50.6 Å². The molecule has 3 heterocycles. The second-order valence-electron chi connectivity index (χ2n) is 8.48. The number of carbonyl (C=O) groups excluding carboxylic acids is 2. The van der Waals surface area contributed by atoms with Crippen LogP contribution in [0, 0.1) is 5.92 Å². The van der Waals surface area contributed by atoms with Crippen LogP contribution in [0.2, 0.25) is 0 Å². The molecular formula is C22H30N4O4S. The minimum absolute atomic E-state index is 0.0234. The fourth-order valence-electron chi connectivity index (χ4n) is 4.59. The number of nitrogens with zero attached hydrogens (tertiary/aromatic N) is 3. The number of rotatable bonds is 4. The van der Waals surface area contributed by atoms with Crippen LogP contribution in [0.3, 0.4) is 0 Å². The maximum Gasteiger partial charge on any atom is 0.285 e. The molecule has 0 aromatic heterocycles. The highest BCUT2D eigenvalue weighted by atomic mass is 32.2. The molecule has 0 radical (unpaired) electrons. The zero-order valence-electron chi connectivity index (χ0n) is 17.8. The first-order chi connectivity index (χ1) is 15.0. The topological polar surface area (TPSA) is 99.2 Å². The Bertz CT molecular complexity index is 959. The van der Waals surface area contributed by atoms with Crippen molar-refractivity contribution in [3.05, 3.63) is 29.8 Å². The molecule has 4 rings (SSSR count). The second kappa shape index (κ2) is 9.38. The van der Waals surface area contributed by atoms with Gasteiger partial charge >= 0.3 is 0 Å². The van der Waals surface area contributed by atoms with Gasteiger partial charge in [-0.25, -0.2) is 0 Å². The van der Waals surface area contributed by atoms with Crippen LogP contribution in [0.15, 0.2) is 33.6 Å². The van der Waals surface area contributed by atoms with E-state index >= 15 is 0 Å². The first-order valence-electron chi connectivity index (χ1n) is 11.2. The molecule has 3 aliphatic heterocycles. The van der Waals surface area contributed by atoms with Crippen LogP contribution >= 0.6 is 0 Å². The van der Waals surface area contributed by atoms with Gasteiger partial charge in [-0.2, -0.15) is 8.42 Å². The Hall–Kier alpha value is -2.42. The van der Waals surface area contributed by atoms with Gasteiger partial charge in [0.1, 0.15) is 4.90 Å². The molecule has 3 aliphatic rings. The summed E-state index contributed by atoms with van der Waals surface area (Å²) in [4.78, 5) is 29.0. The molecule has 0 spiro atoms. The van der Waals surface area contributed by atoms with E-state index in [1.807, 2.05) is 15.9 Å². The lowest BCUT2D eigenvalue weighted by Gasteiger charge is -2.32. The zero-order chi connectivity index (χ0) is 21.8. The average molecular weight is 447 g/mol. The Morgan fingerprint density at radius 3 is 2.39 bits per heavy atom. The third-order valence-electron chi connectivity index (χ3n) is 6.37. The Balaban J connectivity index is 1.25. The van der Waals surface area contributed by atoms with E-state index in [1.165, 1.54) is 12.8 Å². The highest BCUT2D eigenvalue weighted by Gasteiger charge is 2.34. The third kappa shape index (κ3) is 4.92. The average Bonchev–Trinajstić information content (AvgIpc) is 2.94. The lowest BCUT2D eigenvalue weighted by Crippen LogP contribution is -2.43. The lowest BCUT2D eigenvalue weighted by molar-refractivity contribution is -0.131. The third-order valence-corrected chi connectivity index (χ3v) is 7.70. The Morgan fingerprint density at radius 1 is 1.00 bits per heavy atom. The summed E-state index contributed by atoms with van der Waals surface area (Å²) in [5.74, 6) is 0.455. The van der Waals surface area contributed by atoms with Crippen molar-refractivity contribution in [2.45, 2.75) is 49.8 Å². The molecule has 2 amide bonds. The molecule has 0 aliphatic carbocycles. The Kier molecular flexibility index (Phi) is 6.60. The predicted octanol–water partition coefficient (Wildman–Crippen LogP) is 1.76. The van der Waals surface area contributed by atoms with Gasteiger partial charge in [-0.3, -0.25) is 9.59 Å². The fourth-order valence-corrected chi connectivity index (χ4v) is 5.81. The van der Waals surface area contributed by atoms with E-state index in [1.54, 1.807) is 18.2 Å². The number of hydrogen-bond acceptors (Lipinski definition) is 5. The molecule has 168 valence electrons. The number of benzene rings is 1. The van der Waals surface area contributed by atoms with Gasteiger partial charge in [0.15, 0.2) is 5.84 Å². The van der Waals surface area contributed by atoms with Crippen molar-refractivity contribution in [1.82, 2.24) is 15.1 Å². The van der Waals surface area contributed by atoms with Crippen LogP contribution in [-0.4, -0.2) is 68.6 Å². The van der Waals surface area contributed by atoms with Crippen molar-refractivity contribution >= 4 is 27.7 Å². The number of sulfonamides is 1. The Labute approximate surface area is 183 Å². The van der Waals surface area contributed by atoms with E-state index in [0.29, 0.717) is 50.3 Å². The largest absolute Gasteiger partial charge is 0.355 e. The molecule has 9 heteroatoms. The zero-order valence-corrected chi connectivity index (χ0v) is 18.6. The van der Waals surface area contributed by atoms with Gasteiger partial charge in [0.2, 0.25) is 11.8 Å². The summed E-state index contributed by atoms with van der Waals surface area (Å²) in [5, 5.41) is 2.92. The Morgan fingerprint density at radius 2 is 1.68 bits per heavy atom. The number of amidine groups is 1. The van der Waals surface area contributed by atoms with E-state index in [0.717, 1.165) is 25.9 Å². The van der Waals surface area contributed by atoms with Gasteiger partial charge in [-0.05, 0) is 37.8 Å². The molecule has 0 unspecified atom stereocenters. The smallest absolute Gasteiger partial charge is 0.285 e. The minimum Gasteiger partial charge on any atom is -0.355 e. The SMILES string of the molecule is O=C(NCCC(=O)N1CCCCCC1)C1CCN(C2=NS(=O)(=O)c3ccccc32)CC1. The number of nitrogens with one attached hydrogen (secondary N) is 1. The van der Waals surface area contributed by atoms with Crippen molar-refractivity contribution in [2.75, 3.05) is 32.7 Å². The number of likely N-dealkylation sites (tertiary alicyclic amines) is 2. The minimum atomic E-state index is -3.63. The van der Waals surface area contributed by atoms with Gasteiger partial charge in [-0.15, -0.1) is 4.40 Å². The van der Waals surface area contributed by atoms with Crippen LogP contribution < -0.4 is 5.32 Å². The normalized spacial score (nSPS) is 21.2. The molecule has 0 bridgehead atoms. The summed E-state index contributed by atoms with van der Waals surface area (Å²) in [6, 6.07) is 6.86. The maximum absolute atomic E-state index is 12.6. The first kappa shape index (κ1) is 21.8.